The quantitative estimate of drug-likeness (QED) is 0.0214. The van der Waals surface area contributed by atoms with Crippen molar-refractivity contribution in [1.82, 2.24) is 0 Å². The van der Waals surface area contributed by atoms with Crippen molar-refractivity contribution in [3.05, 3.63) is 48.6 Å². The average molecular weight is 739 g/mol. The lowest BCUT2D eigenvalue weighted by atomic mass is 10.1. The molecule has 2 N–H and O–H groups in total. The van der Waals surface area contributed by atoms with Crippen LogP contribution in [0, 0.1) is 0 Å². The molecule has 0 aromatic heterocycles. The SMILES string of the molecule is CCCCCCCC/C=C\CCCCCCCC(=O)O[C@H](COC(=O)CCC/C=C\C/C=C\C/C=C\CC1OC1CCCCC)COP(=O)(O)O. The third-order valence-electron chi connectivity index (χ3n) is 8.74. The number of ether oxygens (including phenoxy) is 3. The van der Waals surface area contributed by atoms with E-state index in [1.54, 1.807) is 0 Å². The Balaban J connectivity index is 2.12. The van der Waals surface area contributed by atoms with Gasteiger partial charge in [0.2, 0.25) is 0 Å². The van der Waals surface area contributed by atoms with Crippen LogP contribution in [0.25, 0.3) is 0 Å². The predicted molar refractivity (Wildman–Crippen MR) is 206 cm³/mol. The molecule has 51 heavy (non-hydrogen) atoms. The molecule has 1 saturated heterocycles. The van der Waals surface area contributed by atoms with Crippen LogP contribution in [-0.2, 0) is 32.9 Å². The fraction of sp³-hybridized carbons (Fsp3) is 0.756. The van der Waals surface area contributed by atoms with Crippen molar-refractivity contribution in [2.45, 2.75) is 186 Å². The third kappa shape index (κ3) is 32.4. The number of carbonyl (C=O) groups is 2. The fourth-order valence-electron chi connectivity index (χ4n) is 5.63. The Kier molecular flexibility index (Phi) is 30.0. The number of rotatable bonds is 35. The number of hydrogen-bond acceptors (Lipinski definition) is 7. The molecule has 0 aromatic rings. The van der Waals surface area contributed by atoms with E-state index in [1.165, 1.54) is 70.6 Å². The molecule has 0 amide bonds. The van der Waals surface area contributed by atoms with Crippen LogP contribution in [-0.4, -0.2) is 53.3 Å². The monoisotopic (exact) mass is 738 g/mol. The second kappa shape index (κ2) is 32.6. The lowest BCUT2D eigenvalue weighted by molar-refractivity contribution is -0.161. The van der Waals surface area contributed by atoms with E-state index in [1.807, 2.05) is 6.08 Å². The van der Waals surface area contributed by atoms with Gasteiger partial charge in [0, 0.05) is 12.8 Å². The molecule has 1 aliphatic heterocycles. The van der Waals surface area contributed by atoms with E-state index in [2.05, 4.69) is 60.9 Å². The molecule has 0 aliphatic carbocycles. The zero-order valence-corrected chi connectivity index (χ0v) is 32.8. The van der Waals surface area contributed by atoms with Crippen molar-refractivity contribution in [2.24, 2.45) is 0 Å². The smallest absolute Gasteiger partial charge is 0.462 e. The molecule has 3 atom stereocenters. The Morgan fingerprint density at radius 3 is 1.82 bits per heavy atom. The number of carbonyl (C=O) groups excluding carboxylic acids is 2. The standard InChI is InChI=1S/C41H71O9P/c1-3-5-7-8-9-10-11-12-13-14-15-20-23-26-30-34-41(43)49-37(36-48-51(44,45)46)35-47-40(42)33-29-25-22-19-17-16-18-21-24-28-32-39-38(50-39)31-27-6-4-2/h12-13,16,18-19,22,24,28,37-39H,3-11,14-15,17,20-21,23,25-27,29-36H2,1-2H3,(H2,44,45,46)/b13-12-,18-16-,22-19-,28-24-/t37-,38?,39?/m1/s1. The first-order valence-corrected chi connectivity index (χ1v) is 21.6. The summed E-state index contributed by atoms with van der Waals surface area (Å²) >= 11 is 0. The summed E-state index contributed by atoms with van der Waals surface area (Å²) in [6, 6.07) is 0. The van der Waals surface area contributed by atoms with Gasteiger partial charge in [0.05, 0.1) is 18.8 Å². The van der Waals surface area contributed by atoms with Crippen molar-refractivity contribution in [2.75, 3.05) is 13.2 Å². The summed E-state index contributed by atoms with van der Waals surface area (Å²) in [6.07, 6.45) is 41.5. The van der Waals surface area contributed by atoms with Gasteiger partial charge in [-0.2, -0.15) is 0 Å². The summed E-state index contributed by atoms with van der Waals surface area (Å²) in [6.45, 7) is 3.58. The molecule has 0 aromatic carbocycles. The minimum atomic E-state index is -4.77. The lowest BCUT2D eigenvalue weighted by Gasteiger charge is -2.18. The molecule has 9 nitrogen and oxygen atoms in total. The fourth-order valence-corrected chi connectivity index (χ4v) is 5.99. The Labute approximate surface area is 309 Å². The minimum absolute atomic E-state index is 0.185. The van der Waals surface area contributed by atoms with Gasteiger partial charge in [-0.25, -0.2) is 4.57 Å². The highest BCUT2D eigenvalue weighted by molar-refractivity contribution is 7.46. The lowest BCUT2D eigenvalue weighted by Crippen LogP contribution is -2.29. The van der Waals surface area contributed by atoms with Crippen LogP contribution >= 0.6 is 7.82 Å². The number of phosphoric acid groups is 1. The van der Waals surface area contributed by atoms with Gasteiger partial charge in [-0.3, -0.25) is 14.1 Å². The summed E-state index contributed by atoms with van der Waals surface area (Å²) in [4.78, 5) is 42.8. The molecule has 2 unspecified atom stereocenters. The van der Waals surface area contributed by atoms with Crippen LogP contribution in [0.1, 0.15) is 168 Å². The second-order valence-electron chi connectivity index (χ2n) is 13.6. The maximum absolute atomic E-state index is 12.4. The largest absolute Gasteiger partial charge is 0.469 e. The number of phosphoric ester groups is 1. The third-order valence-corrected chi connectivity index (χ3v) is 9.23. The molecule has 1 heterocycles. The number of allylic oxidation sites excluding steroid dienone is 7. The van der Waals surface area contributed by atoms with Crippen LogP contribution < -0.4 is 0 Å². The van der Waals surface area contributed by atoms with Crippen molar-refractivity contribution in [3.8, 4) is 0 Å². The summed E-state index contributed by atoms with van der Waals surface area (Å²) in [7, 11) is -4.77. The molecular formula is C41H71O9P. The molecule has 1 aliphatic rings. The van der Waals surface area contributed by atoms with Gasteiger partial charge in [0.1, 0.15) is 6.61 Å². The molecule has 0 spiro atoms. The molecule has 10 heteroatoms. The van der Waals surface area contributed by atoms with E-state index in [0.717, 1.165) is 57.8 Å². The predicted octanol–water partition coefficient (Wildman–Crippen LogP) is 10.9. The maximum atomic E-state index is 12.4. The second-order valence-corrected chi connectivity index (χ2v) is 14.9. The average Bonchev–Trinajstić information content (AvgIpc) is 3.85. The van der Waals surface area contributed by atoms with Crippen LogP contribution in [0.2, 0.25) is 0 Å². The minimum Gasteiger partial charge on any atom is -0.462 e. The van der Waals surface area contributed by atoms with E-state index < -0.39 is 32.5 Å². The highest BCUT2D eigenvalue weighted by Gasteiger charge is 2.36. The number of unbranched alkanes of at least 4 members (excludes halogenated alkanes) is 14. The highest BCUT2D eigenvalue weighted by atomic mass is 31.2. The van der Waals surface area contributed by atoms with E-state index in [4.69, 9.17) is 24.0 Å². The van der Waals surface area contributed by atoms with Crippen molar-refractivity contribution in [3.63, 3.8) is 0 Å². The Morgan fingerprint density at radius 2 is 1.16 bits per heavy atom. The van der Waals surface area contributed by atoms with Gasteiger partial charge < -0.3 is 24.0 Å². The number of esters is 2. The number of epoxide rings is 1. The highest BCUT2D eigenvalue weighted by Crippen LogP contribution is 2.36. The van der Waals surface area contributed by atoms with Crippen molar-refractivity contribution >= 4 is 19.8 Å². The van der Waals surface area contributed by atoms with E-state index in [-0.39, 0.29) is 19.4 Å². The Bertz CT molecular complexity index is 1030. The van der Waals surface area contributed by atoms with Crippen LogP contribution in [0.15, 0.2) is 48.6 Å². The van der Waals surface area contributed by atoms with Gasteiger partial charge in [-0.15, -0.1) is 0 Å². The first-order chi connectivity index (χ1) is 24.7. The summed E-state index contributed by atoms with van der Waals surface area (Å²) in [5, 5.41) is 0. The summed E-state index contributed by atoms with van der Waals surface area (Å²) < 4.78 is 32.0. The molecule has 0 saturated carbocycles. The van der Waals surface area contributed by atoms with Crippen LogP contribution in [0.4, 0.5) is 0 Å². The summed E-state index contributed by atoms with van der Waals surface area (Å²) in [5.41, 5.74) is 0. The topological polar surface area (TPSA) is 132 Å². The molecular weight excluding hydrogens is 667 g/mol. The molecule has 294 valence electrons. The van der Waals surface area contributed by atoms with Gasteiger partial charge in [-0.05, 0) is 70.6 Å². The van der Waals surface area contributed by atoms with Crippen LogP contribution in [0.3, 0.4) is 0 Å². The normalized spacial score (nSPS) is 16.9. The van der Waals surface area contributed by atoms with E-state index in [0.29, 0.717) is 25.0 Å². The molecule has 0 bridgehead atoms. The number of hydrogen-bond donors (Lipinski definition) is 2. The zero-order valence-electron chi connectivity index (χ0n) is 31.9. The van der Waals surface area contributed by atoms with Gasteiger partial charge in [-0.1, -0.05) is 133 Å². The van der Waals surface area contributed by atoms with E-state index in [9.17, 15) is 14.2 Å². The van der Waals surface area contributed by atoms with Crippen LogP contribution in [0.5, 0.6) is 0 Å². The van der Waals surface area contributed by atoms with Gasteiger partial charge >= 0.3 is 19.8 Å². The summed E-state index contributed by atoms with van der Waals surface area (Å²) in [5.74, 6) is -0.967. The maximum Gasteiger partial charge on any atom is 0.469 e. The zero-order chi connectivity index (χ0) is 37.3. The molecule has 1 fully saturated rings. The van der Waals surface area contributed by atoms with Gasteiger partial charge in [0.15, 0.2) is 6.10 Å². The van der Waals surface area contributed by atoms with Crippen molar-refractivity contribution < 1.29 is 42.7 Å². The first-order valence-electron chi connectivity index (χ1n) is 20.1. The van der Waals surface area contributed by atoms with E-state index >= 15 is 0 Å². The Morgan fingerprint density at radius 1 is 0.627 bits per heavy atom. The Hall–Kier alpha value is -2.03. The molecule has 0 radical (unpaired) electrons. The van der Waals surface area contributed by atoms with Crippen molar-refractivity contribution in [1.29, 1.82) is 0 Å². The van der Waals surface area contributed by atoms with Gasteiger partial charge in [0.25, 0.3) is 0 Å². The molecule has 1 rings (SSSR count). The first kappa shape index (κ1) is 47.0.